The Morgan fingerprint density at radius 2 is 0.873 bits per heavy atom. The number of carboxylic acid groups (broad SMARTS) is 2. The molecule has 0 saturated heterocycles. The Kier molecular flexibility index (Phi) is 24.8. The Morgan fingerprint density at radius 3 is 1.17 bits per heavy atom. The molecule has 2 heterocycles. The van der Waals surface area contributed by atoms with E-state index < -0.39 is 71.8 Å². The molecule has 0 saturated carbocycles. The zero-order valence-corrected chi connectivity index (χ0v) is 36.1. The topological polar surface area (TPSA) is 358 Å². The number of carboxylic acids is 2. The summed E-state index contributed by atoms with van der Waals surface area (Å²) < 4.78 is 0. The normalized spacial score (nSPS) is 13.5. The van der Waals surface area contributed by atoms with Crippen molar-refractivity contribution < 1.29 is 56.0 Å². The van der Waals surface area contributed by atoms with Gasteiger partial charge in [-0.15, -0.1) is 0 Å². The molecule has 21 heteroatoms. The summed E-state index contributed by atoms with van der Waals surface area (Å²) in [5, 5.41) is 33.0. The van der Waals surface area contributed by atoms with E-state index in [0.29, 0.717) is 63.0 Å². The molecule has 4 rings (SSSR count). The largest absolute Gasteiger partial charge is 2.00 e. The molecule has 0 aliphatic carbocycles. The van der Waals surface area contributed by atoms with E-state index in [4.69, 9.17) is 22.9 Å². The zero-order valence-electron chi connectivity index (χ0n) is 34.9. The number of benzene rings is 2. The number of amides is 4. The van der Waals surface area contributed by atoms with Crippen molar-refractivity contribution in [3.8, 4) is 0 Å². The third kappa shape index (κ3) is 20.2. The van der Waals surface area contributed by atoms with Crippen LogP contribution in [0.25, 0.3) is 0 Å². The van der Waals surface area contributed by atoms with Crippen LogP contribution >= 0.6 is 0 Å². The van der Waals surface area contributed by atoms with Crippen molar-refractivity contribution in [3.63, 3.8) is 0 Å². The summed E-state index contributed by atoms with van der Waals surface area (Å²) in [5.74, 6) is -5.12. The minimum Gasteiger partial charge on any atom is -0.548 e. The van der Waals surface area contributed by atoms with Gasteiger partial charge in [0.25, 0.3) is 0 Å². The Labute approximate surface area is 376 Å². The molecule has 0 spiro atoms. The third-order valence-electron chi connectivity index (χ3n) is 9.57. The number of nitrogens with two attached hydrogens (primary N) is 4. The van der Waals surface area contributed by atoms with Gasteiger partial charge >= 0.3 is 17.1 Å². The van der Waals surface area contributed by atoms with Gasteiger partial charge in [0.2, 0.25) is 23.6 Å². The maximum absolute atomic E-state index is 12.8. The number of aromatic amines is 2. The number of rotatable bonds is 26. The van der Waals surface area contributed by atoms with Crippen LogP contribution in [-0.2, 0) is 71.5 Å². The smallest absolute Gasteiger partial charge is 0.548 e. The molecule has 0 unspecified atom stereocenters. The predicted octanol–water partition coefficient (Wildman–Crippen LogP) is -3.26. The van der Waals surface area contributed by atoms with Crippen LogP contribution in [0.3, 0.4) is 0 Å². The Morgan fingerprint density at radius 1 is 0.524 bits per heavy atom. The maximum atomic E-state index is 12.8. The number of nitrogens with one attached hydrogen (secondary N) is 6. The van der Waals surface area contributed by atoms with Crippen molar-refractivity contribution in [1.29, 1.82) is 0 Å². The molecular formula is C42H58MnN12O8. The number of aliphatic carboxylic acids is 2. The molecule has 0 aliphatic rings. The second kappa shape index (κ2) is 29.4. The van der Waals surface area contributed by atoms with Crippen LogP contribution in [0.4, 0.5) is 0 Å². The summed E-state index contributed by atoms with van der Waals surface area (Å²) in [5.41, 5.74) is 25.7. The summed E-state index contributed by atoms with van der Waals surface area (Å²) in [6.07, 6.45) is 9.47. The van der Waals surface area contributed by atoms with Gasteiger partial charge in [-0.2, -0.15) is 0 Å². The van der Waals surface area contributed by atoms with Crippen LogP contribution in [-0.4, -0.2) is 105 Å². The Balaban J connectivity index is 0.000000427. The quantitative estimate of drug-likeness (QED) is 0.0219. The molecule has 4 aromatic rings. The molecule has 2 aromatic heterocycles. The Bertz CT molecular complexity index is 1800. The first-order valence-electron chi connectivity index (χ1n) is 20.4. The molecule has 4 amide bonds. The van der Waals surface area contributed by atoms with Crippen LogP contribution in [0.2, 0.25) is 0 Å². The van der Waals surface area contributed by atoms with E-state index in [9.17, 15) is 39.0 Å². The Hall–Kier alpha value is -5.96. The fraction of sp³-hybridized carbons (Fsp3) is 0.429. The number of unbranched alkanes of at least 4 members (excludes halogenated alkanes) is 2. The molecule has 20 nitrogen and oxygen atoms in total. The molecule has 341 valence electrons. The van der Waals surface area contributed by atoms with Gasteiger partial charge in [-0.3, -0.25) is 19.2 Å². The number of nitrogens with zero attached hydrogens (tertiary/aromatic N) is 2. The van der Waals surface area contributed by atoms with E-state index >= 15 is 0 Å². The van der Waals surface area contributed by atoms with E-state index in [1.165, 1.54) is 12.7 Å². The third-order valence-corrected chi connectivity index (χ3v) is 9.57. The number of aromatic nitrogens is 4. The number of carbonyl (C=O) groups excluding carboxylic acids is 6. The summed E-state index contributed by atoms with van der Waals surface area (Å²) in [6, 6.07) is 12.3. The number of hydrogen-bond donors (Lipinski definition) is 10. The summed E-state index contributed by atoms with van der Waals surface area (Å²) in [4.78, 5) is 87.4. The molecule has 2 aromatic carbocycles. The molecular weight excluding hydrogens is 855 g/mol. The summed E-state index contributed by atoms with van der Waals surface area (Å²) in [6.45, 7) is 0.843. The van der Waals surface area contributed by atoms with Crippen molar-refractivity contribution in [2.24, 2.45) is 22.9 Å². The van der Waals surface area contributed by atoms with Gasteiger partial charge in [-0.05, 0) is 75.6 Å². The molecule has 0 fully saturated rings. The van der Waals surface area contributed by atoms with Gasteiger partial charge in [-0.1, -0.05) is 60.7 Å². The number of imidazole rings is 2. The molecule has 1 radical (unpaired) electrons. The fourth-order valence-corrected chi connectivity index (χ4v) is 6.15. The van der Waals surface area contributed by atoms with E-state index in [2.05, 4.69) is 41.2 Å². The average molecular weight is 914 g/mol. The first kappa shape index (κ1) is 53.2. The first-order valence-corrected chi connectivity index (χ1v) is 20.4. The molecule has 0 aliphatic heterocycles. The van der Waals surface area contributed by atoms with Gasteiger partial charge in [0.05, 0.1) is 60.1 Å². The van der Waals surface area contributed by atoms with E-state index in [1.807, 2.05) is 60.7 Å². The van der Waals surface area contributed by atoms with Crippen molar-refractivity contribution in [3.05, 3.63) is 108 Å². The standard InChI is InChI=1S/2C21H30N6O4.Mn/c2*22-9-5-4-8-17(21(30)31)26-20(29)18(11-15-12-24-13-25-15)27-19(28)16(23)10-14-6-2-1-3-7-14;/h2*1-3,6-7,12-13,16-18H,4-5,8-11,22-23H2,(H,24,25)(H,26,29)(H,27,28)(H,30,31);/q;;+2/p-2/t2*16-,17-,18-;/m00./s1. The van der Waals surface area contributed by atoms with Crippen molar-refractivity contribution in [2.75, 3.05) is 13.1 Å². The van der Waals surface area contributed by atoms with Crippen molar-refractivity contribution >= 4 is 35.6 Å². The molecule has 63 heavy (non-hydrogen) atoms. The first-order chi connectivity index (χ1) is 29.8. The summed E-state index contributed by atoms with van der Waals surface area (Å²) >= 11 is 0. The molecule has 0 bridgehead atoms. The SMILES string of the molecule is NCCCC[C@H](NC(=O)[C@H](Cc1c[nH]cn1)NC(=O)[C@@H](N)Cc1ccccc1)C(=O)[O-].NCCCC[C@H](NC(=O)[C@H](Cc1c[nH]cn1)NC(=O)[C@@H](N)Cc1ccccc1)C(=O)[O-].[Mn+2]. The van der Waals surface area contributed by atoms with Gasteiger partial charge in [0.1, 0.15) is 12.1 Å². The predicted molar refractivity (Wildman–Crippen MR) is 224 cm³/mol. The van der Waals surface area contributed by atoms with Crippen LogP contribution in [0.5, 0.6) is 0 Å². The van der Waals surface area contributed by atoms with Gasteiger partial charge in [0.15, 0.2) is 0 Å². The van der Waals surface area contributed by atoms with Crippen molar-refractivity contribution in [1.82, 2.24) is 41.2 Å². The van der Waals surface area contributed by atoms with Gasteiger partial charge < -0.3 is 74.0 Å². The molecule has 14 N–H and O–H groups in total. The molecule has 6 atom stereocenters. The average Bonchev–Trinajstić information content (AvgIpc) is 3.98. The minimum absolute atomic E-state index is 0. The zero-order chi connectivity index (χ0) is 45.3. The number of H-pyrrole nitrogens is 2. The van der Waals surface area contributed by atoms with Crippen LogP contribution in [0.1, 0.15) is 61.0 Å². The van der Waals surface area contributed by atoms with Gasteiger partial charge in [-0.25, -0.2) is 9.97 Å². The van der Waals surface area contributed by atoms with E-state index in [0.717, 1.165) is 11.1 Å². The van der Waals surface area contributed by atoms with E-state index in [-0.39, 0.29) is 42.8 Å². The van der Waals surface area contributed by atoms with Crippen LogP contribution in [0.15, 0.2) is 85.7 Å². The number of carbonyl (C=O) groups is 6. The number of hydrogen-bond acceptors (Lipinski definition) is 14. The second-order valence-electron chi connectivity index (χ2n) is 14.6. The van der Waals surface area contributed by atoms with Crippen LogP contribution in [0, 0.1) is 0 Å². The summed E-state index contributed by atoms with van der Waals surface area (Å²) in [7, 11) is 0. The monoisotopic (exact) mass is 913 g/mol. The van der Waals surface area contributed by atoms with Crippen LogP contribution < -0.4 is 54.4 Å². The van der Waals surface area contributed by atoms with Crippen molar-refractivity contribution in [2.45, 2.75) is 100 Å². The maximum Gasteiger partial charge on any atom is 2.00 e. The van der Waals surface area contributed by atoms with E-state index in [1.54, 1.807) is 12.4 Å². The van der Waals surface area contributed by atoms with Gasteiger partial charge in [0, 0.05) is 25.2 Å². The minimum atomic E-state index is -1.39. The fourth-order valence-electron chi connectivity index (χ4n) is 6.15. The second-order valence-corrected chi connectivity index (χ2v) is 14.6.